The van der Waals surface area contributed by atoms with Gasteiger partial charge in [0.15, 0.2) is 0 Å². The quantitative estimate of drug-likeness (QED) is 0.563. The standard InChI is InChI=1S/C28H48O4/c1-15(2)16(3)25(31)26(32)17(4)20-7-8-21-19-14-24(30)23-13-18(29)9-11-28(23,6)22(19)10-12-27(20,21)5/h15-23,25-26,29,31-32H,7-14H2,1-6H3/t16-,17-,18+,19-,20+,21-,22-,23-,25+,26+,27-,28+/m0/s1. The molecule has 4 saturated carbocycles. The molecular formula is C28H48O4. The van der Waals surface area contributed by atoms with E-state index in [1.807, 2.05) is 6.92 Å². The molecule has 0 radical (unpaired) electrons. The Morgan fingerprint density at radius 2 is 1.50 bits per heavy atom. The monoisotopic (exact) mass is 448 g/mol. The van der Waals surface area contributed by atoms with Gasteiger partial charge in [-0.05, 0) is 97.2 Å². The van der Waals surface area contributed by atoms with E-state index in [9.17, 15) is 20.1 Å². The summed E-state index contributed by atoms with van der Waals surface area (Å²) >= 11 is 0. The van der Waals surface area contributed by atoms with Crippen molar-refractivity contribution in [1.82, 2.24) is 0 Å². The Labute approximate surface area is 195 Å². The van der Waals surface area contributed by atoms with Crippen LogP contribution >= 0.6 is 0 Å². The highest BCUT2D eigenvalue weighted by atomic mass is 16.3. The first-order valence-electron chi connectivity index (χ1n) is 13.5. The molecule has 184 valence electrons. The Hall–Kier alpha value is -0.450. The molecule has 0 unspecified atom stereocenters. The molecular weight excluding hydrogens is 400 g/mol. The number of aliphatic hydroxyl groups is 3. The number of aliphatic hydroxyl groups excluding tert-OH is 3. The largest absolute Gasteiger partial charge is 0.393 e. The van der Waals surface area contributed by atoms with Crippen LogP contribution in [0.3, 0.4) is 0 Å². The van der Waals surface area contributed by atoms with Crippen LogP contribution in [0.15, 0.2) is 0 Å². The zero-order valence-electron chi connectivity index (χ0n) is 21.3. The van der Waals surface area contributed by atoms with Crippen molar-refractivity contribution >= 4 is 5.78 Å². The number of fused-ring (bicyclic) bond motifs is 5. The third-order valence-corrected chi connectivity index (χ3v) is 11.6. The van der Waals surface area contributed by atoms with Gasteiger partial charge in [-0.2, -0.15) is 0 Å². The first kappa shape index (κ1) is 24.7. The smallest absolute Gasteiger partial charge is 0.136 e. The normalized spacial score (nSPS) is 47.9. The van der Waals surface area contributed by atoms with Gasteiger partial charge in [-0.3, -0.25) is 4.79 Å². The second kappa shape index (κ2) is 8.64. The molecule has 4 rings (SSSR count). The number of rotatable bonds is 5. The zero-order valence-corrected chi connectivity index (χ0v) is 21.3. The SMILES string of the molecule is CC(C)[C@H](C)[C@@H](O)[C@H](O)[C@@H](C)[C@H]1CC[C@H]2[C@@H]3CC(=O)[C@@H]4C[C@H](O)CC[C@]4(C)[C@H]3CC[C@@]12C. The van der Waals surface area contributed by atoms with Crippen LogP contribution in [-0.2, 0) is 4.79 Å². The lowest BCUT2D eigenvalue weighted by molar-refractivity contribution is -0.161. The molecule has 12 atom stereocenters. The molecule has 4 fully saturated rings. The highest BCUT2D eigenvalue weighted by molar-refractivity contribution is 5.83. The van der Waals surface area contributed by atoms with Crippen LogP contribution in [0.5, 0.6) is 0 Å². The molecule has 4 aliphatic carbocycles. The molecule has 0 aromatic heterocycles. The fourth-order valence-corrected chi connectivity index (χ4v) is 9.18. The predicted molar refractivity (Wildman–Crippen MR) is 127 cm³/mol. The lowest BCUT2D eigenvalue weighted by atomic mass is 9.44. The molecule has 0 aliphatic heterocycles. The number of Topliss-reactive ketones (excluding diaryl/α,β-unsaturated/α-hetero) is 1. The minimum atomic E-state index is -0.694. The average molecular weight is 449 g/mol. The Bertz CT molecular complexity index is 706. The van der Waals surface area contributed by atoms with Crippen LogP contribution in [0.4, 0.5) is 0 Å². The first-order valence-corrected chi connectivity index (χ1v) is 13.5. The van der Waals surface area contributed by atoms with Crippen molar-refractivity contribution in [3.05, 3.63) is 0 Å². The van der Waals surface area contributed by atoms with Gasteiger partial charge in [-0.25, -0.2) is 0 Å². The molecule has 0 aromatic carbocycles. The molecule has 0 amide bonds. The fraction of sp³-hybridized carbons (Fsp3) is 0.964. The molecule has 4 nitrogen and oxygen atoms in total. The summed E-state index contributed by atoms with van der Waals surface area (Å²) in [5.74, 6) is 2.88. The summed E-state index contributed by atoms with van der Waals surface area (Å²) in [5.41, 5.74) is 0.187. The third-order valence-electron chi connectivity index (χ3n) is 11.6. The highest BCUT2D eigenvalue weighted by Gasteiger charge is 2.63. The Balaban J connectivity index is 1.54. The molecule has 3 N–H and O–H groups in total. The van der Waals surface area contributed by atoms with Gasteiger partial charge in [0.25, 0.3) is 0 Å². The van der Waals surface area contributed by atoms with E-state index in [0.717, 1.165) is 38.5 Å². The predicted octanol–water partition coefficient (Wildman–Crippen LogP) is 4.84. The number of hydrogen-bond donors (Lipinski definition) is 3. The Kier molecular flexibility index (Phi) is 6.66. The third kappa shape index (κ3) is 3.71. The van der Waals surface area contributed by atoms with Gasteiger partial charge < -0.3 is 15.3 Å². The van der Waals surface area contributed by atoms with Gasteiger partial charge in [0.1, 0.15) is 5.78 Å². The zero-order chi connectivity index (χ0) is 23.6. The van der Waals surface area contributed by atoms with E-state index in [0.29, 0.717) is 48.2 Å². The average Bonchev–Trinajstić information content (AvgIpc) is 3.10. The van der Waals surface area contributed by atoms with Crippen LogP contribution in [0.1, 0.15) is 92.9 Å². The second-order valence-electron chi connectivity index (χ2n) is 13.2. The second-order valence-corrected chi connectivity index (χ2v) is 13.2. The Morgan fingerprint density at radius 3 is 2.16 bits per heavy atom. The first-order chi connectivity index (χ1) is 14.9. The van der Waals surface area contributed by atoms with Crippen LogP contribution in [0.25, 0.3) is 0 Å². The number of carbonyl (C=O) groups excluding carboxylic acids is 1. The van der Waals surface area contributed by atoms with E-state index in [1.54, 1.807) is 0 Å². The maximum atomic E-state index is 13.3. The maximum absolute atomic E-state index is 13.3. The topological polar surface area (TPSA) is 77.8 Å². The van der Waals surface area contributed by atoms with Gasteiger partial charge in [-0.15, -0.1) is 0 Å². The summed E-state index contributed by atoms with van der Waals surface area (Å²) in [4.78, 5) is 13.3. The van der Waals surface area contributed by atoms with E-state index in [2.05, 4.69) is 34.6 Å². The molecule has 0 aromatic rings. The van der Waals surface area contributed by atoms with E-state index >= 15 is 0 Å². The lowest BCUT2D eigenvalue weighted by Gasteiger charge is -2.60. The van der Waals surface area contributed by atoms with Crippen LogP contribution in [0.2, 0.25) is 0 Å². The number of hydrogen-bond acceptors (Lipinski definition) is 4. The summed E-state index contributed by atoms with van der Waals surface area (Å²) < 4.78 is 0. The van der Waals surface area contributed by atoms with Gasteiger partial charge in [0.05, 0.1) is 18.3 Å². The molecule has 0 heterocycles. The highest BCUT2D eigenvalue weighted by Crippen LogP contribution is 2.67. The van der Waals surface area contributed by atoms with Gasteiger partial charge in [0, 0.05) is 12.3 Å². The van der Waals surface area contributed by atoms with Crippen molar-refractivity contribution in [3.63, 3.8) is 0 Å². The van der Waals surface area contributed by atoms with Crippen molar-refractivity contribution in [3.8, 4) is 0 Å². The van der Waals surface area contributed by atoms with E-state index in [-0.39, 0.29) is 34.7 Å². The summed E-state index contributed by atoms with van der Waals surface area (Å²) in [6.07, 6.45) is 6.05. The lowest BCUT2D eigenvalue weighted by Crippen LogP contribution is -2.57. The molecule has 32 heavy (non-hydrogen) atoms. The van der Waals surface area contributed by atoms with E-state index in [4.69, 9.17) is 0 Å². The molecule has 0 spiro atoms. The van der Waals surface area contributed by atoms with Crippen molar-refractivity contribution in [2.24, 2.45) is 58.2 Å². The van der Waals surface area contributed by atoms with Gasteiger partial charge in [-0.1, -0.05) is 41.5 Å². The Morgan fingerprint density at radius 1 is 0.875 bits per heavy atom. The van der Waals surface area contributed by atoms with Crippen LogP contribution in [0, 0.1) is 58.2 Å². The summed E-state index contributed by atoms with van der Waals surface area (Å²) in [5, 5.41) is 32.2. The summed E-state index contributed by atoms with van der Waals surface area (Å²) in [6, 6.07) is 0. The van der Waals surface area contributed by atoms with E-state index < -0.39 is 12.2 Å². The minimum Gasteiger partial charge on any atom is -0.393 e. The van der Waals surface area contributed by atoms with Crippen LogP contribution in [-0.4, -0.2) is 39.4 Å². The molecule has 0 saturated heterocycles. The summed E-state index contributed by atoms with van der Waals surface area (Å²) in [6.45, 7) is 13.2. The molecule has 4 aliphatic rings. The van der Waals surface area contributed by atoms with Crippen LogP contribution < -0.4 is 0 Å². The number of ketones is 1. The molecule has 0 bridgehead atoms. The van der Waals surface area contributed by atoms with Crippen molar-refractivity contribution in [2.45, 2.75) is 111 Å². The maximum Gasteiger partial charge on any atom is 0.136 e. The van der Waals surface area contributed by atoms with Gasteiger partial charge >= 0.3 is 0 Å². The van der Waals surface area contributed by atoms with Gasteiger partial charge in [0.2, 0.25) is 0 Å². The van der Waals surface area contributed by atoms with E-state index in [1.165, 1.54) is 0 Å². The number of carbonyl (C=O) groups is 1. The fourth-order valence-electron chi connectivity index (χ4n) is 9.18. The van der Waals surface area contributed by atoms with Crippen molar-refractivity contribution in [1.29, 1.82) is 0 Å². The minimum absolute atomic E-state index is 0.0440. The van der Waals surface area contributed by atoms with Crippen molar-refractivity contribution in [2.75, 3.05) is 0 Å². The molecule has 4 heteroatoms. The summed E-state index contributed by atoms with van der Waals surface area (Å²) in [7, 11) is 0. The van der Waals surface area contributed by atoms with Crippen molar-refractivity contribution < 1.29 is 20.1 Å².